The molecule has 21 heavy (non-hydrogen) atoms. The molecule has 1 fully saturated rings. The van der Waals surface area contributed by atoms with Gasteiger partial charge in [0.2, 0.25) is 0 Å². The number of nitrogen functional groups attached to an aromatic ring is 1. The maximum Gasteiger partial charge on any atom is 0.312 e. The second kappa shape index (κ2) is 4.60. The predicted molar refractivity (Wildman–Crippen MR) is 69.5 cm³/mol. The summed E-state index contributed by atoms with van der Waals surface area (Å²) in [5, 5.41) is 30.0. The van der Waals surface area contributed by atoms with Crippen LogP contribution in [0.4, 0.5) is 10.2 Å². The molecule has 1 saturated heterocycles. The van der Waals surface area contributed by atoms with Crippen LogP contribution in [0.2, 0.25) is 0 Å². The first kappa shape index (κ1) is 14.1. The molecule has 0 radical (unpaired) electrons. The third-order valence-electron chi connectivity index (χ3n) is 3.76. The first-order chi connectivity index (χ1) is 9.86. The summed E-state index contributed by atoms with van der Waals surface area (Å²) in [6, 6.07) is 1.56. The van der Waals surface area contributed by atoms with Gasteiger partial charge in [0, 0.05) is 6.20 Å². The van der Waals surface area contributed by atoms with E-state index in [-0.39, 0.29) is 11.5 Å². The van der Waals surface area contributed by atoms with Gasteiger partial charge in [0.05, 0.1) is 12.0 Å². The highest BCUT2D eigenvalue weighted by molar-refractivity contribution is 5.86. The number of nitrogens with zero attached hydrogens (tertiary/aromatic N) is 3. The first-order valence-corrected chi connectivity index (χ1v) is 6.32. The molecule has 3 heterocycles. The summed E-state index contributed by atoms with van der Waals surface area (Å²) in [6.07, 6.45) is -2.80. The highest BCUT2D eigenvalue weighted by atomic mass is 19.1. The van der Waals surface area contributed by atoms with Crippen LogP contribution in [0.5, 0.6) is 0 Å². The molecule has 0 bridgehead atoms. The molecule has 0 spiro atoms. The lowest BCUT2D eigenvalue weighted by molar-refractivity contribution is -0.0948. The van der Waals surface area contributed by atoms with Crippen molar-refractivity contribution in [1.82, 2.24) is 14.5 Å². The van der Waals surface area contributed by atoms with E-state index >= 15 is 0 Å². The molecule has 4 atom stereocenters. The number of aliphatic hydroxyl groups excluding tert-OH is 2. The summed E-state index contributed by atoms with van der Waals surface area (Å²) in [4.78, 5) is 7.07. The molecule has 2 aromatic heterocycles. The van der Waals surface area contributed by atoms with Gasteiger partial charge in [0.1, 0.15) is 23.6 Å². The second-order valence-electron chi connectivity index (χ2n) is 5.22. The van der Waals surface area contributed by atoms with E-state index in [1.807, 2.05) is 0 Å². The van der Waals surface area contributed by atoms with E-state index < -0.39 is 36.7 Å². The minimum absolute atomic E-state index is 0.0341. The van der Waals surface area contributed by atoms with Crippen molar-refractivity contribution in [3.8, 4) is 0 Å². The minimum Gasteiger partial charge on any atom is -0.394 e. The molecular formula is C12H15FN4O4. The van der Waals surface area contributed by atoms with E-state index in [4.69, 9.17) is 10.5 Å². The van der Waals surface area contributed by atoms with Gasteiger partial charge in [-0.15, -0.1) is 0 Å². The van der Waals surface area contributed by atoms with Crippen molar-refractivity contribution in [3.05, 3.63) is 18.3 Å². The van der Waals surface area contributed by atoms with Crippen LogP contribution in [-0.4, -0.2) is 54.3 Å². The number of aliphatic hydroxyl groups is 3. The molecule has 1 aliphatic rings. The zero-order valence-corrected chi connectivity index (χ0v) is 11.1. The summed E-state index contributed by atoms with van der Waals surface area (Å²) in [7, 11) is 0. The second-order valence-corrected chi connectivity index (χ2v) is 5.22. The van der Waals surface area contributed by atoms with Crippen LogP contribution in [0.3, 0.4) is 0 Å². The van der Waals surface area contributed by atoms with Crippen molar-refractivity contribution in [2.45, 2.75) is 31.0 Å². The third kappa shape index (κ3) is 1.97. The zero-order chi connectivity index (χ0) is 15.4. The topological polar surface area (TPSA) is 127 Å². The van der Waals surface area contributed by atoms with Gasteiger partial charge in [-0.2, -0.15) is 14.4 Å². The molecule has 5 N–H and O–H groups in total. The molecule has 0 unspecified atom stereocenters. The predicted octanol–water partition coefficient (Wildman–Crippen LogP) is -0.846. The van der Waals surface area contributed by atoms with Gasteiger partial charge in [-0.05, 0) is 13.0 Å². The molecule has 1 aliphatic heterocycles. The summed E-state index contributed by atoms with van der Waals surface area (Å²) in [6.45, 7) is 0.906. The van der Waals surface area contributed by atoms with E-state index in [2.05, 4.69) is 9.97 Å². The van der Waals surface area contributed by atoms with Crippen molar-refractivity contribution in [3.63, 3.8) is 0 Å². The molecule has 2 aromatic rings. The van der Waals surface area contributed by atoms with Crippen molar-refractivity contribution >= 4 is 16.9 Å². The molecule has 8 nitrogen and oxygen atoms in total. The normalized spacial score (nSPS) is 32.9. The number of hydrogen-bond acceptors (Lipinski definition) is 7. The van der Waals surface area contributed by atoms with Crippen LogP contribution >= 0.6 is 0 Å². The van der Waals surface area contributed by atoms with E-state index in [0.717, 1.165) is 0 Å². The fourth-order valence-electron chi connectivity index (χ4n) is 2.61. The van der Waals surface area contributed by atoms with Gasteiger partial charge in [-0.25, -0.2) is 0 Å². The van der Waals surface area contributed by atoms with Gasteiger partial charge in [-0.3, -0.25) is 0 Å². The fourth-order valence-corrected chi connectivity index (χ4v) is 2.61. The Kier molecular flexibility index (Phi) is 3.10. The molecular weight excluding hydrogens is 283 g/mol. The van der Waals surface area contributed by atoms with Crippen LogP contribution in [0.1, 0.15) is 13.2 Å². The molecule has 0 aromatic carbocycles. The van der Waals surface area contributed by atoms with Gasteiger partial charge in [0.15, 0.2) is 11.9 Å². The minimum atomic E-state index is -1.68. The number of ether oxygens (including phenoxy) is 1. The molecule has 114 valence electrons. The van der Waals surface area contributed by atoms with Crippen LogP contribution < -0.4 is 5.73 Å². The van der Waals surface area contributed by atoms with Crippen LogP contribution in [0.25, 0.3) is 11.0 Å². The molecule has 0 saturated carbocycles. The van der Waals surface area contributed by atoms with E-state index in [9.17, 15) is 19.7 Å². The Morgan fingerprint density at radius 3 is 2.86 bits per heavy atom. The van der Waals surface area contributed by atoms with Crippen LogP contribution in [-0.2, 0) is 4.74 Å². The fraction of sp³-hybridized carbons (Fsp3) is 0.500. The van der Waals surface area contributed by atoms with Crippen LogP contribution in [0, 0.1) is 6.08 Å². The highest BCUT2D eigenvalue weighted by Gasteiger charge is 2.53. The smallest absolute Gasteiger partial charge is 0.312 e. The largest absolute Gasteiger partial charge is 0.394 e. The van der Waals surface area contributed by atoms with E-state index in [1.165, 1.54) is 17.7 Å². The standard InChI is InChI=1S/C12H15FN4O4/c1-12(20)7(19)6(4-18)21-10(12)17-3-2-5-8(14)15-11(13)16-9(5)17/h2-3,6-7,10,18-20H,4H2,1H3,(H2,14,15,16)/t6-,7-,10-,12-/m1/s1. The van der Waals surface area contributed by atoms with Gasteiger partial charge < -0.3 is 30.4 Å². The maximum atomic E-state index is 13.3. The van der Waals surface area contributed by atoms with Crippen molar-refractivity contribution in [2.75, 3.05) is 12.3 Å². The quantitative estimate of drug-likeness (QED) is 0.532. The number of fused-ring (bicyclic) bond motifs is 1. The first-order valence-electron chi connectivity index (χ1n) is 6.32. The lowest BCUT2D eigenvalue weighted by atomic mass is 9.96. The van der Waals surface area contributed by atoms with Crippen molar-refractivity contribution in [1.29, 1.82) is 0 Å². The number of rotatable bonds is 2. The molecule has 0 aliphatic carbocycles. The Balaban J connectivity index is 2.13. The number of aromatic nitrogens is 3. The van der Waals surface area contributed by atoms with Crippen LogP contribution in [0.15, 0.2) is 12.3 Å². The maximum absolute atomic E-state index is 13.3. The van der Waals surface area contributed by atoms with Gasteiger partial charge in [-0.1, -0.05) is 0 Å². The Bertz CT molecular complexity index is 689. The van der Waals surface area contributed by atoms with Crippen molar-refractivity contribution in [2.24, 2.45) is 0 Å². The van der Waals surface area contributed by atoms with Gasteiger partial charge in [0.25, 0.3) is 0 Å². The molecule has 9 heteroatoms. The van der Waals surface area contributed by atoms with Gasteiger partial charge >= 0.3 is 6.08 Å². The number of hydrogen-bond donors (Lipinski definition) is 4. The Morgan fingerprint density at radius 2 is 2.24 bits per heavy atom. The van der Waals surface area contributed by atoms with E-state index in [0.29, 0.717) is 5.39 Å². The number of halogens is 1. The Labute approximate surface area is 118 Å². The SMILES string of the molecule is C[C@@]1(O)[C@H](O)[C@@H](CO)O[C@H]1n1ccc2c(N)nc(F)nc21. The third-order valence-corrected chi connectivity index (χ3v) is 3.76. The summed E-state index contributed by atoms with van der Waals surface area (Å²) in [5.74, 6) is -0.0341. The average Bonchev–Trinajstić information content (AvgIpc) is 2.91. The van der Waals surface area contributed by atoms with E-state index in [1.54, 1.807) is 6.07 Å². The summed E-state index contributed by atoms with van der Waals surface area (Å²) in [5.41, 5.74) is 4.07. The highest BCUT2D eigenvalue weighted by Crippen LogP contribution is 2.39. The average molecular weight is 298 g/mol. The zero-order valence-electron chi connectivity index (χ0n) is 11.1. The Hall–Kier alpha value is -1.81. The monoisotopic (exact) mass is 298 g/mol. The number of nitrogens with two attached hydrogens (primary N) is 1. The lowest BCUT2D eigenvalue weighted by Crippen LogP contribution is -2.44. The number of anilines is 1. The van der Waals surface area contributed by atoms with Crippen molar-refractivity contribution < 1.29 is 24.4 Å². The molecule has 3 rings (SSSR count). The molecule has 0 amide bonds. The summed E-state index contributed by atoms with van der Waals surface area (Å²) < 4.78 is 20.2. The Morgan fingerprint density at radius 1 is 1.52 bits per heavy atom. The lowest BCUT2D eigenvalue weighted by Gasteiger charge is -2.27. The summed E-state index contributed by atoms with van der Waals surface area (Å²) >= 11 is 0.